The first-order chi connectivity index (χ1) is 5.33. The molecule has 0 bridgehead atoms. The van der Waals surface area contributed by atoms with Crippen molar-refractivity contribution in [2.24, 2.45) is 0 Å². The predicted octanol–water partition coefficient (Wildman–Crippen LogP) is 2.16. The Kier molecular flexibility index (Phi) is 18.6. The smallest absolute Gasteiger partial charge is 0.0428 e. The van der Waals surface area contributed by atoms with Gasteiger partial charge in [0.1, 0.15) is 0 Å². The molecule has 0 amide bonds. The van der Waals surface area contributed by atoms with Crippen LogP contribution in [0.2, 0.25) is 0 Å². The fourth-order valence-electron chi connectivity index (χ4n) is 0.231. The Morgan fingerprint density at radius 3 is 2.09 bits per heavy atom. The molecule has 0 aromatic carbocycles. The van der Waals surface area contributed by atoms with Crippen LogP contribution >= 0.6 is 0 Å². The topological polar surface area (TPSA) is 44.1 Å². The van der Waals surface area contributed by atoms with Crippen LogP contribution in [0.25, 0.3) is 0 Å². The van der Waals surface area contributed by atoms with E-state index in [1.165, 1.54) is 6.21 Å². The van der Waals surface area contributed by atoms with Crippen molar-refractivity contribution in [2.45, 2.75) is 20.3 Å². The van der Waals surface area contributed by atoms with Crippen LogP contribution in [0.4, 0.5) is 0 Å². The van der Waals surface area contributed by atoms with Crippen LogP contribution in [-0.2, 0) is 0 Å². The number of allylic oxidation sites excluding steroid dienone is 4. The first-order valence-corrected chi connectivity index (χ1v) is 3.72. The zero-order valence-electron chi connectivity index (χ0n) is 7.25. The Hall–Kier alpha value is -0.890. The number of nitrogens with one attached hydrogen (secondary N) is 1. The van der Waals surface area contributed by atoms with E-state index in [-0.39, 0.29) is 0 Å². The molecule has 0 aromatic heterocycles. The van der Waals surface area contributed by atoms with Crippen molar-refractivity contribution in [3.8, 4) is 0 Å². The third-order valence-electron chi connectivity index (χ3n) is 0.735. The van der Waals surface area contributed by atoms with Crippen molar-refractivity contribution in [1.82, 2.24) is 0 Å². The highest BCUT2D eigenvalue weighted by atomic mass is 16.2. The molecule has 0 heterocycles. The molecule has 0 aliphatic carbocycles. The van der Waals surface area contributed by atoms with Crippen molar-refractivity contribution < 1.29 is 5.11 Å². The van der Waals surface area contributed by atoms with Gasteiger partial charge in [0.2, 0.25) is 0 Å². The molecule has 2 N–H and O–H groups in total. The third kappa shape index (κ3) is 27.3. The molecule has 2 nitrogen and oxygen atoms in total. The molecule has 2 heteroatoms. The van der Waals surface area contributed by atoms with Crippen LogP contribution in [-0.4, -0.2) is 17.9 Å². The number of aliphatic hydroxyl groups is 1. The molecule has 0 aliphatic heterocycles. The number of hydrogen-bond acceptors (Lipinski definition) is 2. The van der Waals surface area contributed by atoms with Crippen molar-refractivity contribution >= 4 is 6.21 Å². The van der Waals surface area contributed by atoms with Crippen molar-refractivity contribution in [2.75, 3.05) is 6.61 Å². The van der Waals surface area contributed by atoms with E-state index >= 15 is 0 Å². The van der Waals surface area contributed by atoms with Gasteiger partial charge in [0.05, 0.1) is 0 Å². The van der Waals surface area contributed by atoms with E-state index in [0.29, 0.717) is 6.61 Å². The van der Waals surface area contributed by atoms with Gasteiger partial charge in [0.15, 0.2) is 0 Å². The van der Waals surface area contributed by atoms with Crippen LogP contribution in [0.5, 0.6) is 0 Å². The van der Waals surface area contributed by atoms with Crippen LogP contribution in [0.3, 0.4) is 0 Å². The normalized spacial score (nSPS) is 9.73. The van der Waals surface area contributed by atoms with Gasteiger partial charge in [-0.15, -0.1) is 0 Å². The molecular formula is C9H17NO. The fraction of sp³-hybridized carbons (Fsp3) is 0.444. The fourth-order valence-corrected chi connectivity index (χ4v) is 0.231. The van der Waals surface area contributed by atoms with Gasteiger partial charge >= 0.3 is 0 Å². The zero-order valence-corrected chi connectivity index (χ0v) is 7.25. The lowest BCUT2D eigenvalue weighted by Crippen LogP contribution is -1.69. The Bertz CT molecular complexity index is 115. The zero-order chi connectivity index (χ0) is 8.95. The highest BCUT2D eigenvalue weighted by molar-refractivity contribution is 5.67. The molecule has 64 valence electrons. The van der Waals surface area contributed by atoms with Gasteiger partial charge in [-0.25, -0.2) is 0 Å². The molecule has 0 unspecified atom stereocenters. The first-order valence-electron chi connectivity index (χ1n) is 3.72. The molecule has 0 aromatic rings. The van der Waals surface area contributed by atoms with Crippen LogP contribution in [0.15, 0.2) is 24.3 Å². The molecular weight excluding hydrogens is 138 g/mol. The quantitative estimate of drug-likeness (QED) is 0.476. The maximum absolute atomic E-state index is 7.88. The molecule has 0 spiro atoms. The highest BCUT2D eigenvalue weighted by Crippen LogP contribution is 1.70. The van der Waals surface area contributed by atoms with Gasteiger partial charge in [-0.2, -0.15) is 0 Å². The first kappa shape index (κ1) is 12.8. The Morgan fingerprint density at radius 2 is 1.82 bits per heavy atom. The van der Waals surface area contributed by atoms with Gasteiger partial charge in [0, 0.05) is 12.8 Å². The minimum atomic E-state index is 0.319. The molecule has 0 radical (unpaired) electrons. The summed E-state index contributed by atoms with van der Waals surface area (Å²) in [5.74, 6) is 0. The average Bonchev–Trinajstić information content (AvgIpc) is 2.06. The summed E-state index contributed by atoms with van der Waals surface area (Å²) >= 11 is 0. The Morgan fingerprint density at radius 1 is 1.27 bits per heavy atom. The van der Waals surface area contributed by atoms with Gasteiger partial charge in [-0.1, -0.05) is 25.2 Å². The second-order valence-electron chi connectivity index (χ2n) is 1.80. The van der Waals surface area contributed by atoms with Gasteiger partial charge in [0.25, 0.3) is 0 Å². The summed E-state index contributed by atoms with van der Waals surface area (Å²) in [4.78, 5) is 0. The van der Waals surface area contributed by atoms with E-state index in [1.54, 1.807) is 6.08 Å². The average molecular weight is 155 g/mol. The molecule has 0 atom stereocenters. The van der Waals surface area contributed by atoms with E-state index in [9.17, 15) is 0 Å². The van der Waals surface area contributed by atoms with Crippen LogP contribution < -0.4 is 0 Å². The van der Waals surface area contributed by atoms with Crippen molar-refractivity contribution in [3.05, 3.63) is 24.3 Å². The van der Waals surface area contributed by atoms with Crippen molar-refractivity contribution in [1.29, 1.82) is 5.41 Å². The molecule has 0 fully saturated rings. The number of hydrogen-bond donors (Lipinski definition) is 2. The number of rotatable bonds is 3. The molecule has 0 saturated heterocycles. The second-order valence-corrected chi connectivity index (χ2v) is 1.80. The summed E-state index contributed by atoms with van der Waals surface area (Å²) in [6.45, 7) is 4.19. The lowest BCUT2D eigenvalue weighted by Gasteiger charge is -1.69. The van der Waals surface area contributed by atoms with Crippen LogP contribution in [0, 0.1) is 5.41 Å². The van der Waals surface area contributed by atoms with E-state index < -0.39 is 0 Å². The largest absolute Gasteiger partial charge is 0.396 e. The summed E-state index contributed by atoms with van der Waals surface area (Å²) in [5, 5.41) is 14.4. The summed E-state index contributed by atoms with van der Waals surface area (Å²) in [7, 11) is 0. The van der Waals surface area contributed by atoms with Gasteiger partial charge < -0.3 is 10.5 Å². The minimum Gasteiger partial charge on any atom is -0.396 e. The summed E-state index contributed by atoms with van der Waals surface area (Å²) in [6, 6.07) is 0. The lowest BCUT2D eigenvalue weighted by atomic mass is 10.4. The number of aliphatic hydroxyl groups excluding tert-OH is 1. The standard InChI is InChI=1S/C6H9N.C3H8O/c1-2-3-4-5-6-7;1-2-3-4/h2-7H,1H3;4H,2-3H2,1H3/b3-2-,5-4-,7-6?;. The predicted molar refractivity (Wildman–Crippen MR) is 50.1 cm³/mol. The van der Waals surface area contributed by atoms with Gasteiger partial charge in [-0.05, 0) is 19.4 Å². The van der Waals surface area contributed by atoms with E-state index in [2.05, 4.69) is 0 Å². The SMILES string of the molecule is C/C=C\C=C/C=N.CCCO. The van der Waals surface area contributed by atoms with Crippen molar-refractivity contribution in [3.63, 3.8) is 0 Å². The molecule has 0 aliphatic rings. The molecule has 0 saturated carbocycles. The van der Waals surface area contributed by atoms with Crippen LogP contribution in [0.1, 0.15) is 20.3 Å². The maximum Gasteiger partial charge on any atom is 0.0428 e. The third-order valence-corrected chi connectivity index (χ3v) is 0.735. The lowest BCUT2D eigenvalue weighted by molar-refractivity contribution is 0.295. The molecule has 11 heavy (non-hydrogen) atoms. The monoisotopic (exact) mass is 155 g/mol. The van der Waals surface area contributed by atoms with E-state index in [4.69, 9.17) is 10.5 Å². The van der Waals surface area contributed by atoms with Gasteiger partial charge in [-0.3, -0.25) is 0 Å². The summed E-state index contributed by atoms with van der Waals surface area (Å²) < 4.78 is 0. The highest BCUT2D eigenvalue weighted by Gasteiger charge is 1.57. The van der Waals surface area contributed by atoms with E-state index in [1.807, 2.05) is 32.1 Å². The minimum absolute atomic E-state index is 0.319. The maximum atomic E-state index is 7.88. The summed E-state index contributed by atoms with van der Waals surface area (Å²) in [6.07, 6.45) is 9.40. The Labute approximate surface area is 68.8 Å². The Balaban J connectivity index is 0. The second kappa shape index (κ2) is 16.1. The van der Waals surface area contributed by atoms with E-state index in [0.717, 1.165) is 6.42 Å². The summed E-state index contributed by atoms with van der Waals surface area (Å²) in [5.41, 5.74) is 0. The molecule has 0 rings (SSSR count).